The van der Waals surface area contributed by atoms with Gasteiger partial charge in [0, 0.05) is 50.3 Å². The number of carbonyl (C=O) groups is 2. The van der Waals surface area contributed by atoms with Gasteiger partial charge in [-0.25, -0.2) is 0 Å². The van der Waals surface area contributed by atoms with Crippen LogP contribution in [-0.4, -0.2) is 51.6 Å². The highest BCUT2D eigenvalue weighted by molar-refractivity contribution is 14.0. The van der Waals surface area contributed by atoms with E-state index < -0.39 is 0 Å². The van der Waals surface area contributed by atoms with E-state index in [4.69, 9.17) is 4.74 Å². The van der Waals surface area contributed by atoms with Crippen molar-refractivity contribution in [3.8, 4) is 5.75 Å². The zero-order chi connectivity index (χ0) is 21.3. The average Bonchev–Trinajstić information content (AvgIpc) is 2.78. The molecule has 1 unspecified atom stereocenters. The number of fused-ring (bicyclic) bond motifs is 1. The van der Waals surface area contributed by atoms with Crippen LogP contribution in [0.5, 0.6) is 5.75 Å². The molecule has 0 aromatic heterocycles. The lowest BCUT2D eigenvalue weighted by molar-refractivity contribution is -0.116. The molecule has 0 radical (unpaired) electrons. The monoisotopic (exact) mass is 537 g/mol. The van der Waals surface area contributed by atoms with Gasteiger partial charge in [0.1, 0.15) is 5.75 Å². The van der Waals surface area contributed by atoms with Gasteiger partial charge in [0.2, 0.25) is 5.91 Å². The summed E-state index contributed by atoms with van der Waals surface area (Å²) in [5, 5.41) is 12.2. The Morgan fingerprint density at radius 2 is 1.90 bits per heavy atom. The summed E-state index contributed by atoms with van der Waals surface area (Å²) in [5.74, 6) is 1.19. The van der Waals surface area contributed by atoms with Crippen molar-refractivity contribution in [1.82, 2.24) is 16.0 Å². The molecule has 1 aliphatic rings. The lowest BCUT2D eigenvalue weighted by Crippen LogP contribution is -2.43. The van der Waals surface area contributed by atoms with Crippen molar-refractivity contribution in [3.63, 3.8) is 0 Å². The molecule has 1 atom stereocenters. The predicted molar refractivity (Wildman–Crippen MR) is 133 cm³/mol. The fourth-order valence-electron chi connectivity index (χ4n) is 3.35. The Balaban J connectivity index is 0.00000341. The van der Waals surface area contributed by atoms with Crippen molar-refractivity contribution in [2.24, 2.45) is 4.99 Å². The van der Waals surface area contributed by atoms with Gasteiger partial charge in [0.05, 0.1) is 7.11 Å². The minimum absolute atomic E-state index is 0. The maximum atomic E-state index is 12.2. The molecule has 4 N–H and O–H groups in total. The topological polar surface area (TPSA) is 104 Å². The van der Waals surface area contributed by atoms with E-state index >= 15 is 0 Å². The molecule has 0 aliphatic carbocycles. The smallest absolute Gasteiger partial charge is 0.251 e. The van der Waals surface area contributed by atoms with Gasteiger partial charge in [0.15, 0.2) is 5.96 Å². The first-order valence-electron chi connectivity index (χ1n) is 9.86. The van der Waals surface area contributed by atoms with E-state index in [1.165, 1.54) is 0 Å². The molecule has 166 valence electrons. The van der Waals surface area contributed by atoms with Crippen LogP contribution in [0.4, 0.5) is 5.69 Å². The third-order valence-corrected chi connectivity index (χ3v) is 4.88. The van der Waals surface area contributed by atoms with Crippen molar-refractivity contribution in [2.45, 2.75) is 12.3 Å². The number of amides is 2. The summed E-state index contributed by atoms with van der Waals surface area (Å²) >= 11 is 0. The maximum Gasteiger partial charge on any atom is 0.251 e. The first-order chi connectivity index (χ1) is 14.6. The Morgan fingerprint density at radius 3 is 2.68 bits per heavy atom. The van der Waals surface area contributed by atoms with Crippen molar-refractivity contribution < 1.29 is 14.3 Å². The Hall–Kier alpha value is -2.82. The van der Waals surface area contributed by atoms with Crippen molar-refractivity contribution in [2.75, 3.05) is 39.1 Å². The second-order valence-electron chi connectivity index (χ2n) is 6.90. The van der Waals surface area contributed by atoms with E-state index in [2.05, 4.69) is 26.3 Å². The highest BCUT2D eigenvalue weighted by Gasteiger charge is 2.24. The number of nitrogens with zero attached hydrogens (tertiary/aromatic N) is 1. The summed E-state index contributed by atoms with van der Waals surface area (Å²) in [4.78, 5) is 28.4. The molecule has 0 bridgehead atoms. The second-order valence-corrected chi connectivity index (χ2v) is 6.90. The number of para-hydroxylation sites is 1. The fraction of sp³-hybridized carbons (Fsp3) is 0.318. The molecule has 0 spiro atoms. The lowest BCUT2D eigenvalue weighted by atomic mass is 9.90. The van der Waals surface area contributed by atoms with Crippen LogP contribution in [0.1, 0.15) is 28.3 Å². The minimum atomic E-state index is -0.163. The summed E-state index contributed by atoms with van der Waals surface area (Å²) in [6.07, 6.45) is 0.428. The minimum Gasteiger partial charge on any atom is -0.497 e. The van der Waals surface area contributed by atoms with Crippen LogP contribution in [0.3, 0.4) is 0 Å². The molecule has 2 aromatic carbocycles. The number of hydrogen-bond acceptors (Lipinski definition) is 4. The van der Waals surface area contributed by atoms with E-state index in [1.54, 1.807) is 38.4 Å². The molecule has 1 heterocycles. The van der Waals surface area contributed by atoms with Crippen LogP contribution in [-0.2, 0) is 4.79 Å². The first-order valence-corrected chi connectivity index (χ1v) is 9.86. The van der Waals surface area contributed by atoms with Crippen LogP contribution in [0, 0.1) is 0 Å². The predicted octanol–water partition coefficient (Wildman–Crippen LogP) is 2.33. The number of carbonyl (C=O) groups excluding carboxylic acids is 2. The molecule has 3 rings (SSSR count). The van der Waals surface area contributed by atoms with Gasteiger partial charge in [-0.3, -0.25) is 14.6 Å². The summed E-state index contributed by atoms with van der Waals surface area (Å²) in [7, 11) is 3.25. The van der Waals surface area contributed by atoms with E-state index in [1.807, 2.05) is 24.3 Å². The van der Waals surface area contributed by atoms with Gasteiger partial charge in [-0.05, 0) is 29.8 Å². The van der Waals surface area contributed by atoms with E-state index in [-0.39, 0.29) is 41.7 Å². The number of aliphatic imine (C=N–C) groups is 1. The molecule has 0 fully saturated rings. The number of guanidine groups is 1. The molecule has 2 amide bonds. The van der Waals surface area contributed by atoms with Crippen molar-refractivity contribution in [3.05, 3.63) is 59.7 Å². The Labute approximate surface area is 199 Å². The molecule has 2 aromatic rings. The van der Waals surface area contributed by atoms with Gasteiger partial charge in [-0.2, -0.15) is 0 Å². The summed E-state index contributed by atoms with van der Waals surface area (Å²) < 4.78 is 5.14. The van der Waals surface area contributed by atoms with E-state index in [0.29, 0.717) is 43.3 Å². The molecular formula is C22H28IN5O3. The molecule has 8 nitrogen and oxygen atoms in total. The Kier molecular flexibility index (Phi) is 9.57. The van der Waals surface area contributed by atoms with Gasteiger partial charge < -0.3 is 26.0 Å². The summed E-state index contributed by atoms with van der Waals surface area (Å²) in [6, 6.07) is 14.8. The van der Waals surface area contributed by atoms with Gasteiger partial charge in [0.25, 0.3) is 5.91 Å². The van der Waals surface area contributed by atoms with Crippen LogP contribution in [0.2, 0.25) is 0 Å². The molecule has 0 saturated carbocycles. The van der Waals surface area contributed by atoms with Crippen LogP contribution in [0.15, 0.2) is 53.5 Å². The Morgan fingerprint density at radius 1 is 1.13 bits per heavy atom. The Bertz CT molecular complexity index is 935. The number of rotatable bonds is 7. The second kappa shape index (κ2) is 12.1. The standard InChI is InChI=1S/C22H27N5O3.HI/c1-23-22(25-11-10-24-21(29)15-6-5-7-17(12-15)30-2)26-14-16-13-20(28)27-19-9-4-3-8-18(16)19;/h3-9,12,16H,10-11,13-14H2,1-2H3,(H,24,29)(H,27,28)(H2,23,25,26);1H. The summed E-state index contributed by atoms with van der Waals surface area (Å²) in [6.45, 7) is 1.53. The molecule has 0 saturated heterocycles. The quantitative estimate of drug-likeness (QED) is 0.188. The highest BCUT2D eigenvalue weighted by atomic mass is 127. The zero-order valence-corrected chi connectivity index (χ0v) is 19.9. The SMILES string of the molecule is CN=C(NCCNC(=O)c1cccc(OC)c1)NCC1CC(=O)Nc2ccccc21.I. The zero-order valence-electron chi connectivity index (χ0n) is 17.6. The van der Waals surface area contributed by atoms with Gasteiger partial charge >= 0.3 is 0 Å². The number of halogens is 1. The number of anilines is 1. The number of nitrogens with one attached hydrogen (secondary N) is 4. The number of methoxy groups -OCH3 is 1. The lowest BCUT2D eigenvalue weighted by Gasteiger charge is -2.26. The van der Waals surface area contributed by atoms with E-state index in [9.17, 15) is 9.59 Å². The van der Waals surface area contributed by atoms with Crippen molar-refractivity contribution >= 4 is 47.4 Å². The van der Waals surface area contributed by atoms with Crippen LogP contribution >= 0.6 is 24.0 Å². The highest BCUT2D eigenvalue weighted by Crippen LogP contribution is 2.31. The van der Waals surface area contributed by atoms with Crippen LogP contribution < -0.4 is 26.0 Å². The van der Waals surface area contributed by atoms with Crippen molar-refractivity contribution in [1.29, 1.82) is 0 Å². The normalized spacial score (nSPS) is 15.1. The van der Waals surface area contributed by atoms with Gasteiger partial charge in [-0.15, -0.1) is 24.0 Å². The maximum absolute atomic E-state index is 12.2. The van der Waals surface area contributed by atoms with E-state index in [0.717, 1.165) is 11.3 Å². The number of ether oxygens (including phenoxy) is 1. The largest absolute Gasteiger partial charge is 0.497 e. The van der Waals surface area contributed by atoms with Crippen LogP contribution in [0.25, 0.3) is 0 Å². The molecule has 9 heteroatoms. The number of hydrogen-bond donors (Lipinski definition) is 4. The first kappa shape index (κ1) is 24.4. The van der Waals surface area contributed by atoms with Gasteiger partial charge in [-0.1, -0.05) is 24.3 Å². The third kappa shape index (κ3) is 6.84. The number of benzene rings is 2. The fourth-order valence-corrected chi connectivity index (χ4v) is 3.35. The molecule has 31 heavy (non-hydrogen) atoms. The molecule has 1 aliphatic heterocycles. The third-order valence-electron chi connectivity index (χ3n) is 4.88. The summed E-state index contributed by atoms with van der Waals surface area (Å²) in [5.41, 5.74) is 2.53. The average molecular weight is 537 g/mol. The molecular weight excluding hydrogens is 509 g/mol.